The highest BCUT2D eigenvalue weighted by Crippen LogP contribution is 2.52. The number of ether oxygens (including phenoxy) is 1. The van der Waals surface area contributed by atoms with Gasteiger partial charge in [-0.2, -0.15) is 0 Å². The van der Waals surface area contributed by atoms with Gasteiger partial charge in [0, 0.05) is 34.9 Å². The molecule has 0 aromatic heterocycles. The second kappa shape index (κ2) is 6.46. The topological polar surface area (TPSA) is 70.0 Å². The summed E-state index contributed by atoms with van der Waals surface area (Å²) >= 11 is 0. The van der Waals surface area contributed by atoms with Crippen LogP contribution in [0.15, 0.2) is 24.0 Å². The summed E-state index contributed by atoms with van der Waals surface area (Å²) in [6.45, 7) is 4.85. The molecular weight excluding hydrogens is 318 g/mol. The molecule has 1 aromatic carbocycles. The van der Waals surface area contributed by atoms with Gasteiger partial charge in [-0.1, -0.05) is 26.0 Å². The third-order valence-corrected chi connectivity index (χ3v) is 6.09. The number of hydrogen-bond acceptors (Lipinski definition) is 5. The van der Waals surface area contributed by atoms with Gasteiger partial charge in [0.15, 0.2) is 11.5 Å². The zero-order valence-electron chi connectivity index (χ0n) is 15.4. The third kappa shape index (κ3) is 2.66. The van der Waals surface area contributed by atoms with Crippen LogP contribution >= 0.6 is 0 Å². The van der Waals surface area contributed by atoms with E-state index in [-0.39, 0.29) is 30.1 Å². The molecule has 0 amide bonds. The summed E-state index contributed by atoms with van der Waals surface area (Å²) in [4.78, 5) is 14.9. The van der Waals surface area contributed by atoms with Crippen molar-refractivity contribution in [3.63, 3.8) is 0 Å². The Labute approximate surface area is 148 Å². The van der Waals surface area contributed by atoms with Crippen molar-refractivity contribution in [3.05, 3.63) is 40.7 Å². The number of likely N-dealkylation sites (N-methyl/N-ethyl adjacent to an activating group) is 1. The van der Waals surface area contributed by atoms with Crippen molar-refractivity contribution in [2.24, 2.45) is 5.92 Å². The molecule has 2 aliphatic carbocycles. The van der Waals surface area contributed by atoms with Crippen molar-refractivity contribution in [1.29, 1.82) is 0 Å². The lowest BCUT2D eigenvalue weighted by atomic mass is 9.57. The second-order valence-electron chi connectivity index (χ2n) is 7.39. The normalized spacial score (nSPS) is 28.4. The fourth-order valence-corrected chi connectivity index (χ4v) is 4.58. The molecule has 1 unspecified atom stereocenters. The first-order valence-corrected chi connectivity index (χ1v) is 8.81. The summed E-state index contributed by atoms with van der Waals surface area (Å²) in [5.41, 5.74) is 1.86. The number of aliphatic hydroxyl groups excluding tert-OH is 1. The minimum atomic E-state index is -0.518. The number of aromatic hydroxyl groups is 1. The molecule has 5 nitrogen and oxygen atoms in total. The van der Waals surface area contributed by atoms with Gasteiger partial charge in [0.2, 0.25) is 0 Å². The minimum absolute atomic E-state index is 0.0409. The zero-order valence-corrected chi connectivity index (χ0v) is 15.4. The number of nitrogens with zero attached hydrogens (tertiary/aromatic N) is 1. The molecule has 0 spiro atoms. The number of allylic oxidation sites excluding steroid dienone is 1. The Kier molecular flexibility index (Phi) is 4.64. The largest absolute Gasteiger partial charge is 0.507 e. The Morgan fingerprint density at radius 1 is 1.40 bits per heavy atom. The number of benzene rings is 1. The van der Waals surface area contributed by atoms with E-state index in [9.17, 15) is 15.0 Å². The van der Waals surface area contributed by atoms with Gasteiger partial charge in [0.05, 0.1) is 13.7 Å². The Morgan fingerprint density at radius 2 is 2.12 bits per heavy atom. The van der Waals surface area contributed by atoms with Gasteiger partial charge in [-0.15, -0.1) is 0 Å². The lowest BCUT2D eigenvalue weighted by Gasteiger charge is -2.50. The van der Waals surface area contributed by atoms with Crippen LogP contribution in [0.4, 0.5) is 0 Å². The number of phenols is 1. The minimum Gasteiger partial charge on any atom is -0.507 e. The van der Waals surface area contributed by atoms with E-state index < -0.39 is 5.41 Å². The maximum atomic E-state index is 12.6. The van der Waals surface area contributed by atoms with E-state index in [4.69, 9.17) is 4.74 Å². The highest BCUT2D eigenvalue weighted by molar-refractivity contribution is 5.96. The standard InChI is InChI=1S/C20H27NO4/c1-5-21(3)15-8-12-6-7-13(11-22)19(24)18(12)20(2)10-16(23)17(25-4)9-14(15)20/h6-7,9,14-15,22,24H,5,8,10-11H2,1-4H3/t14-,15+,20?/m1/s1. The molecule has 0 saturated carbocycles. The Hall–Kier alpha value is -1.85. The third-order valence-electron chi connectivity index (χ3n) is 6.09. The van der Waals surface area contributed by atoms with E-state index in [1.165, 1.54) is 7.11 Å². The summed E-state index contributed by atoms with van der Waals surface area (Å²) in [7, 11) is 3.62. The number of fused-ring (bicyclic) bond motifs is 3. The van der Waals surface area contributed by atoms with Gasteiger partial charge in [0.25, 0.3) is 0 Å². The second-order valence-corrected chi connectivity index (χ2v) is 7.39. The number of hydrogen-bond donors (Lipinski definition) is 2. The van der Waals surface area contributed by atoms with Crippen LogP contribution in [0.5, 0.6) is 5.75 Å². The fraction of sp³-hybridized carbons (Fsp3) is 0.550. The van der Waals surface area contributed by atoms with Gasteiger partial charge >= 0.3 is 0 Å². The van der Waals surface area contributed by atoms with Gasteiger partial charge in [-0.3, -0.25) is 4.79 Å². The van der Waals surface area contributed by atoms with E-state index in [1.807, 2.05) is 19.1 Å². The van der Waals surface area contributed by atoms with Crippen molar-refractivity contribution in [3.8, 4) is 5.75 Å². The lowest BCUT2D eigenvalue weighted by molar-refractivity contribution is -0.121. The monoisotopic (exact) mass is 345 g/mol. The molecule has 0 saturated heterocycles. The number of aliphatic hydroxyl groups is 1. The van der Waals surface area contributed by atoms with Crippen molar-refractivity contribution in [2.75, 3.05) is 20.7 Å². The zero-order chi connectivity index (χ0) is 18.4. The molecule has 136 valence electrons. The number of carbonyl (C=O) groups excluding carboxylic acids is 1. The first-order chi connectivity index (χ1) is 11.9. The average molecular weight is 345 g/mol. The fourth-order valence-electron chi connectivity index (χ4n) is 4.58. The quantitative estimate of drug-likeness (QED) is 0.875. The first-order valence-electron chi connectivity index (χ1n) is 8.81. The summed E-state index contributed by atoms with van der Waals surface area (Å²) in [5, 5.41) is 20.3. The SMILES string of the molecule is CCN(C)[C@H]1Cc2ccc(CO)c(O)c2C2(C)CC(=O)C(OC)=C[C@H]12. The summed E-state index contributed by atoms with van der Waals surface area (Å²) < 4.78 is 5.31. The number of rotatable bonds is 4. The Morgan fingerprint density at radius 3 is 2.72 bits per heavy atom. The maximum Gasteiger partial charge on any atom is 0.197 e. The number of carbonyl (C=O) groups is 1. The van der Waals surface area contributed by atoms with Crippen LogP contribution < -0.4 is 0 Å². The molecule has 5 heteroatoms. The molecule has 2 aliphatic rings. The van der Waals surface area contributed by atoms with Gasteiger partial charge in [0.1, 0.15) is 5.75 Å². The number of Topliss-reactive ketones (excluding diaryl/α,β-unsaturated/α-hetero) is 1. The number of ketones is 1. The van der Waals surface area contributed by atoms with Crippen molar-refractivity contribution in [1.82, 2.24) is 4.90 Å². The van der Waals surface area contributed by atoms with Crippen LogP contribution in [0.3, 0.4) is 0 Å². The highest BCUT2D eigenvalue weighted by Gasteiger charge is 2.51. The van der Waals surface area contributed by atoms with Crippen LogP contribution in [0.25, 0.3) is 0 Å². The first kappa shape index (κ1) is 18.0. The molecule has 0 fully saturated rings. The molecule has 0 aliphatic heterocycles. The molecule has 2 N–H and O–H groups in total. The maximum absolute atomic E-state index is 12.6. The van der Waals surface area contributed by atoms with Gasteiger partial charge < -0.3 is 19.8 Å². The predicted octanol–water partition coefficient (Wildman–Crippen LogP) is 2.14. The molecule has 3 atom stereocenters. The molecular formula is C20H27NO4. The van der Waals surface area contributed by atoms with Crippen LogP contribution in [0, 0.1) is 5.92 Å². The Balaban J connectivity index is 2.23. The van der Waals surface area contributed by atoms with Crippen LogP contribution in [-0.4, -0.2) is 47.6 Å². The molecule has 0 radical (unpaired) electrons. The van der Waals surface area contributed by atoms with E-state index in [2.05, 4.69) is 18.9 Å². The molecule has 3 rings (SSSR count). The van der Waals surface area contributed by atoms with Crippen molar-refractivity contribution in [2.45, 2.75) is 44.8 Å². The van der Waals surface area contributed by atoms with Crippen molar-refractivity contribution >= 4 is 5.78 Å². The highest BCUT2D eigenvalue weighted by atomic mass is 16.5. The van der Waals surface area contributed by atoms with Crippen LogP contribution in [0.1, 0.15) is 37.0 Å². The van der Waals surface area contributed by atoms with Gasteiger partial charge in [-0.05, 0) is 31.7 Å². The van der Waals surface area contributed by atoms with Crippen LogP contribution in [0.2, 0.25) is 0 Å². The lowest BCUT2D eigenvalue weighted by Crippen LogP contribution is -2.53. The number of methoxy groups -OCH3 is 1. The van der Waals surface area contributed by atoms with E-state index in [1.54, 1.807) is 6.07 Å². The Bertz CT molecular complexity index is 727. The molecule has 1 aromatic rings. The van der Waals surface area contributed by atoms with Gasteiger partial charge in [-0.25, -0.2) is 0 Å². The van der Waals surface area contributed by atoms with Crippen molar-refractivity contribution < 1.29 is 19.7 Å². The van der Waals surface area contributed by atoms with E-state index >= 15 is 0 Å². The molecule has 0 bridgehead atoms. The smallest absolute Gasteiger partial charge is 0.197 e. The summed E-state index contributed by atoms with van der Waals surface area (Å²) in [6.07, 6.45) is 3.03. The summed E-state index contributed by atoms with van der Waals surface area (Å²) in [5.74, 6) is 0.559. The molecule has 25 heavy (non-hydrogen) atoms. The predicted molar refractivity (Wildman–Crippen MR) is 95.4 cm³/mol. The summed E-state index contributed by atoms with van der Waals surface area (Å²) in [6, 6.07) is 3.99. The molecule has 0 heterocycles. The van der Waals surface area contributed by atoms with Crippen LogP contribution in [-0.2, 0) is 28.0 Å². The van der Waals surface area contributed by atoms with E-state index in [0.29, 0.717) is 17.7 Å². The van der Waals surface area contributed by atoms with E-state index in [0.717, 1.165) is 24.1 Å². The average Bonchev–Trinajstić information content (AvgIpc) is 2.59.